The van der Waals surface area contributed by atoms with Crippen molar-refractivity contribution < 1.29 is 27.8 Å². The number of halogens is 2. The van der Waals surface area contributed by atoms with Gasteiger partial charge in [0, 0.05) is 44.4 Å². The summed E-state index contributed by atoms with van der Waals surface area (Å²) < 4.78 is 51.6. The van der Waals surface area contributed by atoms with Gasteiger partial charge in [-0.25, -0.2) is 13.6 Å². The topological polar surface area (TPSA) is 82.0 Å². The molecule has 2 fully saturated rings. The lowest BCUT2D eigenvalue weighted by Gasteiger charge is -2.50. The van der Waals surface area contributed by atoms with Crippen LogP contribution in [0.2, 0.25) is 16.6 Å². The maximum Gasteiger partial charge on any atom is 0.410 e. The summed E-state index contributed by atoms with van der Waals surface area (Å²) in [7, 11) is 0.998. The summed E-state index contributed by atoms with van der Waals surface area (Å²) in [6.07, 6.45) is 4.07. The van der Waals surface area contributed by atoms with Crippen LogP contribution in [0.1, 0.15) is 87.1 Å². The minimum Gasteiger partial charge on any atom is -0.468 e. The Bertz CT molecular complexity index is 2080. The molecule has 2 aromatic carbocycles. The van der Waals surface area contributed by atoms with Crippen LogP contribution in [0.15, 0.2) is 30.5 Å². The van der Waals surface area contributed by atoms with Crippen LogP contribution in [0.4, 0.5) is 19.4 Å². The van der Waals surface area contributed by atoms with E-state index in [0.717, 1.165) is 19.3 Å². The predicted molar refractivity (Wildman–Crippen MR) is 214 cm³/mol. The molecule has 4 aromatic rings. The Morgan fingerprint density at radius 2 is 1.67 bits per heavy atom. The summed E-state index contributed by atoms with van der Waals surface area (Å²) >= 11 is 0. The summed E-state index contributed by atoms with van der Waals surface area (Å²) in [6.45, 7) is 20.0. The van der Waals surface area contributed by atoms with Gasteiger partial charge in [-0.3, -0.25) is 14.6 Å². The predicted octanol–water partition coefficient (Wildman–Crippen LogP) is 9.60. The second-order valence-electron chi connectivity index (χ2n) is 16.9. The van der Waals surface area contributed by atoms with Crippen molar-refractivity contribution >= 4 is 41.7 Å². The molecule has 4 heterocycles. The summed E-state index contributed by atoms with van der Waals surface area (Å²) in [4.78, 5) is 22.1. The zero-order valence-electron chi connectivity index (χ0n) is 33.6. The molecule has 12 heteroatoms. The molecule has 290 valence electrons. The number of carbonyl (C=O) groups is 1. The number of methoxy groups -OCH3 is 1. The van der Waals surface area contributed by atoms with Crippen LogP contribution in [-0.4, -0.2) is 78.5 Å². The Morgan fingerprint density at radius 3 is 2.26 bits per heavy atom. The van der Waals surface area contributed by atoms with Crippen LogP contribution in [0.5, 0.6) is 5.75 Å². The summed E-state index contributed by atoms with van der Waals surface area (Å²) in [5, 5.41) is 6.52. The molecule has 2 atom stereocenters. The van der Waals surface area contributed by atoms with Crippen LogP contribution in [-0.2, 0) is 16.5 Å². The third kappa shape index (κ3) is 7.17. The summed E-state index contributed by atoms with van der Waals surface area (Å²) in [5.41, 5.74) is 5.03. The zero-order chi connectivity index (χ0) is 39.3. The number of piperidine rings is 1. The number of fused-ring (bicyclic) bond motifs is 4. The molecular formula is C42H55F2N5O4Si. The fraction of sp³-hybridized carbons (Fsp3) is 0.548. The lowest BCUT2D eigenvalue weighted by atomic mass is 9.91. The van der Waals surface area contributed by atoms with E-state index in [2.05, 4.69) is 57.9 Å². The van der Waals surface area contributed by atoms with Crippen molar-refractivity contribution in [3.8, 4) is 28.5 Å². The molecule has 1 amide bonds. The number of ether oxygens (including phenoxy) is 3. The Hall–Kier alpha value is -4.21. The molecular weight excluding hydrogens is 705 g/mol. The highest BCUT2D eigenvalue weighted by Crippen LogP contribution is 2.43. The first-order chi connectivity index (χ1) is 25.5. The fourth-order valence-electron chi connectivity index (χ4n) is 9.05. The van der Waals surface area contributed by atoms with Crippen LogP contribution in [0.3, 0.4) is 0 Å². The van der Waals surface area contributed by atoms with Gasteiger partial charge in [0.25, 0.3) is 0 Å². The van der Waals surface area contributed by atoms with E-state index in [9.17, 15) is 4.79 Å². The molecule has 6 rings (SSSR count). The minimum atomic E-state index is -2.25. The molecule has 2 bridgehead atoms. The molecule has 0 aliphatic carbocycles. The number of hydrogen-bond donors (Lipinski definition) is 0. The van der Waals surface area contributed by atoms with Gasteiger partial charge in [0.1, 0.15) is 36.5 Å². The highest BCUT2D eigenvalue weighted by atomic mass is 28.3. The number of aryl methyl sites for hydroxylation is 1. The Morgan fingerprint density at radius 1 is 1.02 bits per heavy atom. The molecule has 54 heavy (non-hydrogen) atoms. The molecule has 2 aliphatic rings. The number of anilines is 1. The van der Waals surface area contributed by atoms with E-state index in [-0.39, 0.29) is 41.7 Å². The van der Waals surface area contributed by atoms with Gasteiger partial charge in [-0.15, -0.1) is 5.54 Å². The van der Waals surface area contributed by atoms with Gasteiger partial charge in [0.05, 0.1) is 23.0 Å². The highest BCUT2D eigenvalue weighted by molar-refractivity contribution is 6.90. The van der Waals surface area contributed by atoms with Crippen LogP contribution in [0.25, 0.3) is 32.9 Å². The van der Waals surface area contributed by atoms with Gasteiger partial charge in [-0.05, 0) is 80.2 Å². The standard InChI is InChI=1S/C42H55F2N5O4Si/c1-25(2)54(26(3)4,27(5)6)18-17-32-35(43)16-15-28-19-31(52-24-51-11)20-33(36(28)32)38-37(44)39-34(21-45-38)40(46-47(39)10)48-22-29-13-12-14-30(23-48)49(29)41(50)53-42(7,8)9/h15-16,19-21,25-27,29-30H,12-14,22-24H2,1-11H3. The summed E-state index contributed by atoms with van der Waals surface area (Å²) in [6, 6.07) is 6.46. The van der Waals surface area contributed by atoms with E-state index in [0.29, 0.717) is 63.0 Å². The van der Waals surface area contributed by atoms with E-state index < -0.39 is 25.3 Å². The number of benzene rings is 2. The lowest BCUT2D eigenvalue weighted by Crippen LogP contribution is -2.63. The Balaban J connectivity index is 1.49. The first kappa shape index (κ1) is 39.5. The minimum absolute atomic E-state index is 0.0205. The van der Waals surface area contributed by atoms with Crippen molar-refractivity contribution in [2.45, 2.75) is 116 Å². The maximum atomic E-state index is 17.2. The molecule has 2 unspecified atom stereocenters. The van der Waals surface area contributed by atoms with Gasteiger partial charge in [0.2, 0.25) is 0 Å². The lowest BCUT2D eigenvalue weighted by molar-refractivity contribution is -0.00976. The first-order valence-electron chi connectivity index (χ1n) is 19.2. The maximum absolute atomic E-state index is 17.2. The van der Waals surface area contributed by atoms with E-state index in [1.165, 1.54) is 13.2 Å². The van der Waals surface area contributed by atoms with E-state index in [4.69, 9.17) is 24.3 Å². The second kappa shape index (κ2) is 15.1. The number of piperazine rings is 1. The fourth-order valence-corrected chi connectivity index (χ4v) is 14.3. The quantitative estimate of drug-likeness (QED) is 0.101. The van der Waals surface area contributed by atoms with Crippen molar-refractivity contribution in [2.75, 3.05) is 31.9 Å². The average Bonchev–Trinajstić information content (AvgIpc) is 3.43. The van der Waals surface area contributed by atoms with Crippen LogP contribution in [0, 0.1) is 23.1 Å². The number of rotatable bonds is 8. The number of hydrogen-bond acceptors (Lipinski definition) is 7. The Labute approximate surface area is 319 Å². The largest absolute Gasteiger partial charge is 0.468 e. The van der Waals surface area contributed by atoms with Gasteiger partial charge in [-0.1, -0.05) is 53.5 Å². The molecule has 2 saturated heterocycles. The number of pyridine rings is 1. The molecule has 2 aromatic heterocycles. The third-order valence-electron chi connectivity index (χ3n) is 11.3. The molecule has 0 N–H and O–H groups in total. The highest BCUT2D eigenvalue weighted by Gasteiger charge is 2.44. The van der Waals surface area contributed by atoms with E-state index >= 15 is 8.78 Å². The van der Waals surface area contributed by atoms with E-state index in [1.807, 2.05) is 25.7 Å². The summed E-state index contributed by atoms with van der Waals surface area (Å²) in [5.74, 6) is 3.33. The zero-order valence-corrected chi connectivity index (χ0v) is 34.6. The smallest absolute Gasteiger partial charge is 0.410 e. The SMILES string of the molecule is COCOc1cc(-c2ncc3c(N4CC5CCCC(C4)N5C(=O)OC(C)(C)C)nn(C)c3c2F)c2c(C#C[Si](C(C)C)(C(C)C)C(C)C)c(F)ccc2c1. The second-order valence-corrected chi connectivity index (χ2v) is 22.4. The van der Waals surface area contributed by atoms with Crippen molar-refractivity contribution in [1.29, 1.82) is 0 Å². The molecule has 0 spiro atoms. The van der Waals surface area contributed by atoms with Gasteiger partial charge >= 0.3 is 6.09 Å². The third-order valence-corrected chi connectivity index (χ3v) is 17.6. The first-order valence-corrected chi connectivity index (χ1v) is 21.4. The molecule has 2 aliphatic heterocycles. The van der Waals surface area contributed by atoms with E-state index in [1.54, 1.807) is 36.1 Å². The molecule has 0 radical (unpaired) electrons. The van der Waals surface area contributed by atoms with Crippen molar-refractivity contribution in [1.82, 2.24) is 19.7 Å². The van der Waals surface area contributed by atoms with Crippen molar-refractivity contribution in [3.05, 3.63) is 47.7 Å². The van der Waals surface area contributed by atoms with Crippen molar-refractivity contribution in [3.63, 3.8) is 0 Å². The van der Waals surface area contributed by atoms with Gasteiger partial charge in [-0.2, -0.15) is 5.10 Å². The normalized spacial score (nSPS) is 17.9. The van der Waals surface area contributed by atoms with Crippen molar-refractivity contribution in [2.24, 2.45) is 7.05 Å². The number of amides is 1. The Kier molecular flexibility index (Phi) is 11.1. The molecule has 9 nitrogen and oxygen atoms in total. The number of aromatic nitrogens is 3. The van der Waals surface area contributed by atoms with Crippen LogP contribution >= 0.6 is 0 Å². The average molecular weight is 760 g/mol. The number of carbonyl (C=O) groups excluding carboxylic acids is 1. The molecule has 0 saturated carbocycles. The number of nitrogens with zero attached hydrogens (tertiary/aromatic N) is 5. The monoisotopic (exact) mass is 759 g/mol. The van der Waals surface area contributed by atoms with Gasteiger partial charge < -0.3 is 19.1 Å². The van der Waals surface area contributed by atoms with Crippen LogP contribution < -0.4 is 9.64 Å². The van der Waals surface area contributed by atoms with Gasteiger partial charge in [0.15, 0.2) is 18.4 Å².